The van der Waals surface area contributed by atoms with E-state index in [9.17, 15) is 9.59 Å². The lowest BCUT2D eigenvalue weighted by atomic mass is 9.86. The normalized spacial score (nSPS) is 16.3. The van der Waals surface area contributed by atoms with Gasteiger partial charge in [0.25, 0.3) is 11.8 Å². The van der Waals surface area contributed by atoms with Gasteiger partial charge in [-0.05, 0) is 18.9 Å². The number of amides is 2. The molecule has 0 aliphatic carbocycles. The summed E-state index contributed by atoms with van der Waals surface area (Å²) < 4.78 is 3.32. The van der Waals surface area contributed by atoms with E-state index < -0.39 is 5.54 Å². The average Bonchev–Trinajstić information content (AvgIpc) is 3.44. The Bertz CT molecular complexity index is 925. The summed E-state index contributed by atoms with van der Waals surface area (Å²) in [7, 11) is 1.79. The first-order valence-electron chi connectivity index (χ1n) is 8.57. The number of nitrogens with one attached hydrogen (secondary N) is 1. The lowest BCUT2D eigenvalue weighted by Crippen LogP contribution is -2.54. The first kappa shape index (κ1) is 17.4. The molecule has 1 saturated heterocycles. The van der Waals surface area contributed by atoms with Crippen molar-refractivity contribution in [3.63, 3.8) is 0 Å². The Morgan fingerprint density at radius 1 is 1.26 bits per heavy atom. The molecule has 27 heavy (non-hydrogen) atoms. The molecule has 4 heterocycles. The number of nitrogens with zero attached hydrogens (tertiary/aromatic N) is 6. The number of likely N-dealkylation sites (tertiary alicyclic amines) is 1. The van der Waals surface area contributed by atoms with Gasteiger partial charge in [0.05, 0.1) is 5.51 Å². The van der Waals surface area contributed by atoms with Crippen LogP contribution in [-0.4, -0.2) is 54.3 Å². The van der Waals surface area contributed by atoms with E-state index in [1.807, 2.05) is 0 Å². The Morgan fingerprint density at radius 3 is 2.67 bits per heavy atom. The van der Waals surface area contributed by atoms with Gasteiger partial charge in [-0.25, -0.2) is 4.98 Å². The predicted octanol–water partition coefficient (Wildman–Crippen LogP) is 1.34. The standard InChI is InChI=1S/C17H19N7O2S/c1-22-8-3-14(21-22)20-16(26)17(24-7-2-6-19-24)4-9-23(10-5-17)15(25)13-11-27-12-18-13/h2-3,6-8,11-12H,4-5,9-10H2,1H3,(H,20,21,26). The fourth-order valence-corrected chi connectivity index (χ4v) is 3.88. The number of aromatic nitrogens is 5. The van der Waals surface area contributed by atoms with Crippen molar-refractivity contribution in [2.24, 2.45) is 7.05 Å². The van der Waals surface area contributed by atoms with E-state index in [1.165, 1.54) is 11.3 Å². The maximum Gasteiger partial charge on any atom is 0.273 e. The summed E-state index contributed by atoms with van der Waals surface area (Å²) >= 11 is 1.39. The minimum Gasteiger partial charge on any atom is -0.337 e. The van der Waals surface area contributed by atoms with Crippen LogP contribution in [0.1, 0.15) is 23.3 Å². The van der Waals surface area contributed by atoms with E-state index in [1.54, 1.807) is 62.9 Å². The molecule has 9 nitrogen and oxygen atoms in total. The van der Waals surface area contributed by atoms with Crippen LogP contribution in [0.3, 0.4) is 0 Å². The number of carbonyl (C=O) groups excluding carboxylic acids is 2. The van der Waals surface area contributed by atoms with Crippen LogP contribution in [0.25, 0.3) is 0 Å². The molecule has 10 heteroatoms. The number of piperidine rings is 1. The molecule has 0 saturated carbocycles. The van der Waals surface area contributed by atoms with Crippen LogP contribution in [0.4, 0.5) is 5.82 Å². The van der Waals surface area contributed by atoms with Gasteiger partial charge in [0.2, 0.25) is 0 Å². The summed E-state index contributed by atoms with van der Waals surface area (Å²) in [4.78, 5) is 31.6. The summed E-state index contributed by atoms with van der Waals surface area (Å²) in [5.41, 5.74) is 1.23. The first-order chi connectivity index (χ1) is 13.1. The second-order valence-corrected chi connectivity index (χ2v) is 7.20. The van der Waals surface area contributed by atoms with Gasteiger partial charge in [-0.1, -0.05) is 0 Å². The molecule has 4 rings (SSSR count). The Morgan fingerprint density at radius 2 is 2.07 bits per heavy atom. The van der Waals surface area contributed by atoms with Crippen LogP contribution in [0.2, 0.25) is 0 Å². The van der Waals surface area contributed by atoms with Crippen molar-refractivity contribution in [2.45, 2.75) is 18.4 Å². The van der Waals surface area contributed by atoms with Crippen LogP contribution < -0.4 is 5.32 Å². The average molecular weight is 385 g/mol. The summed E-state index contributed by atoms with van der Waals surface area (Å²) in [6.07, 6.45) is 6.14. The summed E-state index contributed by atoms with van der Waals surface area (Å²) in [6, 6.07) is 3.54. The fraction of sp³-hybridized carbons (Fsp3) is 0.353. The molecule has 140 valence electrons. The molecule has 0 spiro atoms. The molecule has 0 bridgehead atoms. The quantitative estimate of drug-likeness (QED) is 0.731. The zero-order chi connectivity index (χ0) is 18.9. The molecule has 3 aromatic rings. The van der Waals surface area contributed by atoms with E-state index in [2.05, 4.69) is 20.5 Å². The topological polar surface area (TPSA) is 97.9 Å². The number of aryl methyl sites for hydroxylation is 1. The van der Waals surface area contributed by atoms with Crippen molar-refractivity contribution in [1.29, 1.82) is 0 Å². The highest BCUT2D eigenvalue weighted by molar-refractivity contribution is 7.07. The second-order valence-electron chi connectivity index (χ2n) is 6.48. The maximum atomic E-state index is 13.2. The number of carbonyl (C=O) groups is 2. The van der Waals surface area contributed by atoms with E-state index in [0.717, 1.165) is 0 Å². The van der Waals surface area contributed by atoms with Crippen molar-refractivity contribution < 1.29 is 9.59 Å². The second kappa shape index (κ2) is 6.95. The van der Waals surface area contributed by atoms with Crippen LogP contribution in [-0.2, 0) is 17.4 Å². The van der Waals surface area contributed by atoms with Crippen molar-refractivity contribution in [3.8, 4) is 0 Å². The number of hydrogen-bond donors (Lipinski definition) is 1. The van der Waals surface area contributed by atoms with Crippen LogP contribution in [0.5, 0.6) is 0 Å². The Balaban J connectivity index is 1.54. The highest BCUT2D eigenvalue weighted by atomic mass is 32.1. The summed E-state index contributed by atoms with van der Waals surface area (Å²) in [6.45, 7) is 0.901. The minimum atomic E-state index is -0.861. The molecule has 1 aliphatic heterocycles. The Kier molecular flexibility index (Phi) is 4.48. The van der Waals surface area contributed by atoms with Gasteiger partial charge in [-0.3, -0.25) is 19.0 Å². The van der Waals surface area contributed by atoms with Crippen molar-refractivity contribution >= 4 is 29.0 Å². The van der Waals surface area contributed by atoms with Gasteiger partial charge in [0.1, 0.15) is 11.2 Å². The zero-order valence-electron chi connectivity index (χ0n) is 14.8. The molecule has 0 radical (unpaired) electrons. The highest BCUT2D eigenvalue weighted by Crippen LogP contribution is 2.31. The smallest absolute Gasteiger partial charge is 0.273 e. The van der Waals surface area contributed by atoms with Crippen LogP contribution >= 0.6 is 11.3 Å². The van der Waals surface area contributed by atoms with Crippen molar-refractivity contribution in [2.75, 3.05) is 18.4 Å². The molecule has 2 amide bonds. The Labute approximate surface area is 159 Å². The maximum absolute atomic E-state index is 13.2. The lowest BCUT2D eigenvalue weighted by Gasteiger charge is -2.40. The summed E-state index contributed by atoms with van der Waals surface area (Å²) in [5.74, 6) is 0.219. The van der Waals surface area contributed by atoms with E-state index in [4.69, 9.17) is 0 Å². The zero-order valence-corrected chi connectivity index (χ0v) is 15.6. The van der Waals surface area contributed by atoms with Crippen molar-refractivity contribution in [1.82, 2.24) is 29.4 Å². The van der Waals surface area contributed by atoms with Crippen LogP contribution in [0.15, 0.2) is 41.6 Å². The van der Waals surface area contributed by atoms with Gasteiger partial charge in [-0.15, -0.1) is 11.3 Å². The molecule has 0 unspecified atom stereocenters. The van der Waals surface area contributed by atoms with Crippen LogP contribution in [0, 0.1) is 0 Å². The minimum absolute atomic E-state index is 0.101. The number of rotatable bonds is 4. The molecule has 1 fully saturated rings. The lowest BCUT2D eigenvalue weighted by molar-refractivity contribution is -0.127. The number of thiazole rings is 1. The van der Waals surface area contributed by atoms with E-state index in [-0.39, 0.29) is 11.8 Å². The third-order valence-corrected chi connectivity index (χ3v) is 5.44. The third-order valence-electron chi connectivity index (χ3n) is 4.85. The van der Waals surface area contributed by atoms with Gasteiger partial charge in [0, 0.05) is 50.2 Å². The van der Waals surface area contributed by atoms with Gasteiger partial charge in [-0.2, -0.15) is 10.2 Å². The molecular formula is C17H19N7O2S. The van der Waals surface area contributed by atoms with Crippen molar-refractivity contribution in [3.05, 3.63) is 47.3 Å². The number of anilines is 1. The SMILES string of the molecule is Cn1ccc(NC(=O)C2(n3cccn3)CCN(C(=O)c3cscn3)CC2)n1. The molecule has 1 aliphatic rings. The van der Waals surface area contributed by atoms with Gasteiger partial charge >= 0.3 is 0 Å². The molecule has 3 aromatic heterocycles. The molecule has 1 N–H and O–H groups in total. The predicted molar refractivity (Wildman–Crippen MR) is 99.3 cm³/mol. The third kappa shape index (κ3) is 3.23. The molecule has 0 atom stereocenters. The van der Waals surface area contributed by atoms with E-state index >= 15 is 0 Å². The van der Waals surface area contributed by atoms with Gasteiger partial charge < -0.3 is 10.2 Å². The largest absolute Gasteiger partial charge is 0.337 e. The monoisotopic (exact) mass is 385 g/mol. The molecular weight excluding hydrogens is 366 g/mol. The molecule has 0 aromatic carbocycles. The summed E-state index contributed by atoms with van der Waals surface area (Å²) in [5, 5.41) is 13.2. The Hall–Kier alpha value is -3.01. The van der Waals surface area contributed by atoms with Gasteiger partial charge in [0.15, 0.2) is 5.82 Å². The van der Waals surface area contributed by atoms with E-state index in [0.29, 0.717) is 37.4 Å². The first-order valence-corrected chi connectivity index (χ1v) is 9.51. The fourth-order valence-electron chi connectivity index (χ4n) is 3.36. The number of hydrogen-bond acceptors (Lipinski definition) is 6. The highest BCUT2D eigenvalue weighted by Gasteiger charge is 2.45.